The van der Waals surface area contributed by atoms with Crippen molar-refractivity contribution in [3.8, 4) is 0 Å². The Labute approximate surface area is 128 Å². The maximum atomic E-state index is 6.41. The second-order valence-corrected chi connectivity index (χ2v) is 9.01. The summed E-state index contributed by atoms with van der Waals surface area (Å²) < 4.78 is 6.15. The second-order valence-electron chi connectivity index (χ2n) is 6.40. The van der Waals surface area contributed by atoms with Crippen LogP contribution in [0, 0.1) is 0 Å². The molecule has 2 saturated carbocycles. The van der Waals surface area contributed by atoms with E-state index < -0.39 is 0 Å². The van der Waals surface area contributed by atoms with Crippen molar-refractivity contribution < 1.29 is 4.74 Å². The lowest BCUT2D eigenvalue weighted by Gasteiger charge is -2.31. The average molecular weight is 307 g/mol. The van der Waals surface area contributed by atoms with Gasteiger partial charge in [0.15, 0.2) is 0 Å². The van der Waals surface area contributed by atoms with Gasteiger partial charge in [0.2, 0.25) is 0 Å². The third-order valence-electron chi connectivity index (χ3n) is 5.17. The molecule has 0 aromatic heterocycles. The van der Waals surface area contributed by atoms with E-state index in [0.29, 0.717) is 11.3 Å². The Bertz CT molecular complexity index is 497. The fourth-order valence-corrected chi connectivity index (χ4v) is 7.00. The zero-order valence-corrected chi connectivity index (χ0v) is 13.2. The summed E-state index contributed by atoms with van der Waals surface area (Å²) in [6.45, 7) is 0. The van der Waals surface area contributed by atoms with Crippen LogP contribution in [-0.4, -0.2) is 22.5 Å². The summed E-state index contributed by atoms with van der Waals surface area (Å²) in [6, 6.07) is 11.0. The molecule has 4 atom stereocenters. The van der Waals surface area contributed by atoms with Crippen LogP contribution >= 0.6 is 21.6 Å². The van der Waals surface area contributed by atoms with Crippen LogP contribution in [0.25, 0.3) is 0 Å². The summed E-state index contributed by atoms with van der Waals surface area (Å²) in [5.74, 6) is 1.06. The molecule has 0 radical (unpaired) electrons. The monoisotopic (exact) mass is 307 g/mol. The zero-order chi connectivity index (χ0) is 13.6. The van der Waals surface area contributed by atoms with Crippen LogP contribution in [0.1, 0.15) is 37.7 Å². The Morgan fingerprint density at radius 2 is 1.90 bits per heavy atom. The van der Waals surface area contributed by atoms with Gasteiger partial charge in [0.25, 0.3) is 0 Å². The van der Waals surface area contributed by atoms with Crippen molar-refractivity contribution in [1.82, 2.24) is 0 Å². The molecule has 1 heterocycles. The third kappa shape index (κ3) is 2.12. The predicted molar refractivity (Wildman–Crippen MR) is 86.7 cm³/mol. The summed E-state index contributed by atoms with van der Waals surface area (Å²) in [5.41, 5.74) is 8.23. The minimum Gasteiger partial charge on any atom is -0.362 e. The Morgan fingerprint density at radius 3 is 2.70 bits per heavy atom. The number of nitrogens with two attached hydrogens (primary N) is 1. The van der Waals surface area contributed by atoms with Crippen molar-refractivity contribution in [1.29, 1.82) is 0 Å². The summed E-state index contributed by atoms with van der Waals surface area (Å²) >= 11 is 0. The molecular formula is C16H21NOS2. The van der Waals surface area contributed by atoms with E-state index in [9.17, 15) is 0 Å². The molecule has 1 saturated heterocycles. The predicted octanol–water partition coefficient (Wildman–Crippen LogP) is 3.75. The van der Waals surface area contributed by atoms with Crippen LogP contribution in [0.2, 0.25) is 0 Å². The highest BCUT2D eigenvalue weighted by Gasteiger charge is 2.74. The van der Waals surface area contributed by atoms with Gasteiger partial charge in [-0.1, -0.05) is 51.9 Å². The van der Waals surface area contributed by atoms with Crippen LogP contribution in [0.15, 0.2) is 30.3 Å². The molecule has 0 spiro atoms. The Balaban J connectivity index is 1.33. The molecule has 2 aliphatic carbocycles. The van der Waals surface area contributed by atoms with Gasteiger partial charge in [-0.05, 0) is 37.7 Å². The largest absolute Gasteiger partial charge is 0.362 e. The highest BCUT2D eigenvalue weighted by Crippen LogP contribution is 2.67. The number of rotatable bonds is 4. The topological polar surface area (TPSA) is 38.5 Å². The van der Waals surface area contributed by atoms with E-state index in [1.165, 1.54) is 31.2 Å². The van der Waals surface area contributed by atoms with Gasteiger partial charge >= 0.3 is 0 Å². The van der Waals surface area contributed by atoms with E-state index in [1.807, 2.05) is 21.6 Å². The lowest BCUT2D eigenvalue weighted by atomic mass is 9.79. The van der Waals surface area contributed by atoms with E-state index in [2.05, 4.69) is 30.3 Å². The normalized spacial score (nSPS) is 42.0. The zero-order valence-electron chi connectivity index (χ0n) is 11.6. The van der Waals surface area contributed by atoms with Crippen molar-refractivity contribution in [2.24, 2.45) is 5.73 Å². The molecule has 108 valence electrons. The van der Waals surface area contributed by atoms with Gasteiger partial charge in [0.1, 0.15) is 0 Å². The first kappa shape index (κ1) is 13.5. The first-order valence-electron chi connectivity index (χ1n) is 7.51. The molecule has 0 unspecified atom stereocenters. The van der Waals surface area contributed by atoms with E-state index in [4.69, 9.17) is 10.5 Å². The minimum absolute atomic E-state index is 0.202. The smallest absolute Gasteiger partial charge is 0.0995 e. The van der Waals surface area contributed by atoms with Crippen molar-refractivity contribution in [3.63, 3.8) is 0 Å². The maximum Gasteiger partial charge on any atom is 0.0995 e. The van der Waals surface area contributed by atoms with E-state index in [-0.39, 0.29) is 11.2 Å². The van der Waals surface area contributed by atoms with Gasteiger partial charge in [-0.3, -0.25) is 0 Å². The van der Waals surface area contributed by atoms with Crippen molar-refractivity contribution in [2.75, 3.05) is 0 Å². The summed E-state index contributed by atoms with van der Waals surface area (Å²) in [5, 5.41) is 0.553. The molecule has 3 aliphatic rings. The molecule has 1 aromatic rings. The lowest BCUT2D eigenvalue weighted by Crippen LogP contribution is -2.45. The molecule has 0 amide bonds. The van der Waals surface area contributed by atoms with Crippen LogP contribution in [0.3, 0.4) is 0 Å². The van der Waals surface area contributed by atoms with Crippen molar-refractivity contribution in [2.45, 2.75) is 60.4 Å². The van der Waals surface area contributed by atoms with Crippen LogP contribution in [0.4, 0.5) is 0 Å². The van der Waals surface area contributed by atoms with E-state index in [0.717, 1.165) is 12.2 Å². The summed E-state index contributed by atoms with van der Waals surface area (Å²) in [4.78, 5) is 0. The summed E-state index contributed by atoms with van der Waals surface area (Å²) in [7, 11) is 3.93. The number of hydrogen-bond donors (Lipinski definition) is 1. The minimum atomic E-state index is 0.202. The van der Waals surface area contributed by atoms with E-state index >= 15 is 0 Å². The lowest BCUT2D eigenvalue weighted by molar-refractivity contribution is 0.216. The van der Waals surface area contributed by atoms with Gasteiger partial charge < -0.3 is 10.5 Å². The summed E-state index contributed by atoms with van der Waals surface area (Å²) in [6.07, 6.45) is 6.09. The highest BCUT2D eigenvalue weighted by molar-refractivity contribution is 8.76. The molecule has 2 N–H and O–H groups in total. The molecule has 3 fully saturated rings. The molecule has 2 nitrogen and oxygen atoms in total. The van der Waals surface area contributed by atoms with Crippen molar-refractivity contribution in [3.05, 3.63) is 35.9 Å². The Hall–Kier alpha value is -0.160. The van der Waals surface area contributed by atoms with Crippen LogP contribution in [-0.2, 0) is 10.5 Å². The van der Waals surface area contributed by atoms with Gasteiger partial charge in [-0.25, -0.2) is 0 Å². The third-order valence-corrected chi connectivity index (χ3v) is 8.03. The molecule has 4 rings (SSSR count). The molecule has 1 aromatic carbocycles. The standard InChI is InChI=1S/C16H21NOS2/c17-13-9-15-7-4-8-16(15,18-15)10-14(13)20-19-11-12-5-2-1-3-6-12/h1-3,5-6,13-14H,4,7-11,17H2/t13-,14-,15-,16+/m1/s1. The highest BCUT2D eigenvalue weighted by atomic mass is 33.1. The fraction of sp³-hybridized carbons (Fsp3) is 0.625. The van der Waals surface area contributed by atoms with Crippen molar-refractivity contribution >= 4 is 21.6 Å². The van der Waals surface area contributed by atoms with Gasteiger partial charge in [0.05, 0.1) is 11.2 Å². The number of ether oxygens (including phenoxy) is 1. The van der Waals surface area contributed by atoms with Gasteiger partial charge in [-0.2, -0.15) is 0 Å². The first-order chi connectivity index (χ1) is 9.73. The molecule has 0 bridgehead atoms. The second kappa shape index (κ2) is 4.94. The average Bonchev–Trinajstić information content (AvgIpc) is 2.94. The molecule has 20 heavy (non-hydrogen) atoms. The SMILES string of the molecule is N[C@@H]1C[C@]23CCC[C@@]2(C[C@H]1SSCc1ccccc1)O3. The van der Waals surface area contributed by atoms with E-state index in [1.54, 1.807) is 0 Å². The molecule has 4 heteroatoms. The number of benzene rings is 1. The maximum absolute atomic E-state index is 6.41. The Kier molecular flexibility index (Phi) is 3.33. The van der Waals surface area contributed by atoms with Crippen LogP contribution in [0.5, 0.6) is 0 Å². The Morgan fingerprint density at radius 1 is 1.15 bits per heavy atom. The quantitative estimate of drug-likeness (QED) is 0.679. The van der Waals surface area contributed by atoms with Gasteiger partial charge in [-0.15, -0.1) is 0 Å². The number of epoxide rings is 1. The first-order valence-corrected chi connectivity index (χ1v) is 9.89. The fourth-order valence-electron chi connectivity index (χ4n) is 4.08. The van der Waals surface area contributed by atoms with Gasteiger partial charge in [0, 0.05) is 17.0 Å². The van der Waals surface area contributed by atoms with Crippen LogP contribution < -0.4 is 5.73 Å². The number of hydrogen-bond acceptors (Lipinski definition) is 4. The molecule has 1 aliphatic heterocycles. The molecular weight excluding hydrogens is 286 g/mol.